The molecule has 1 amide bonds. The van der Waals surface area contributed by atoms with E-state index >= 15 is 0 Å². The lowest BCUT2D eigenvalue weighted by Gasteiger charge is -2.12. The van der Waals surface area contributed by atoms with Crippen LogP contribution in [0.25, 0.3) is 11.3 Å². The lowest BCUT2D eigenvalue weighted by atomic mass is 10.1. The molecule has 8 heteroatoms. The third kappa shape index (κ3) is 4.60. The molecule has 0 aliphatic heterocycles. The zero-order chi connectivity index (χ0) is 20.6. The van der Waals surface area contributed by atoms with Gasteiger partial charge in [-0.15, -0.1) is 0 Å². The summed E-state index contributed by atoms with van der Waals surface area (Å²) in [5.41, 5.74) is 1.68. The van der Waals surface area contributed by atoms with Crippen molar-refractivity contribution >= 4 is 17.6 Å². The first-order valence-electron chi connectivity index (χ1n) is 9.34. The van der Waals surface area contributed by atoms with Crippen LogP contribution in [0, 0.1) is 0 Å². The molecule has 1 aromatic carbocycles. The van der Waals surface area contributed by atoms with E-state index in [0.717, 1.165) is 6.42 Å². The lowest BCUT2D eigenvalue weighted by molar-refractivity contribution is 0.0520. The molecule has 2 heterocycles. The molecule has 0 atom stereocenters. The number of esters is 1. The van der Waals surface area contributed by atoms with E-state index in [4.69, 9.17) is 9.47 Å². The molecule has 2 N–H and O–H groups in total. The Balaban J connectivity index is 1.98. The minimum atomic E-state index is -0.610. The summed E-state index contributed by atoms with van der Waals surface area (Å²) in [4.78, 5) is 29.4. The van der Waals surface area contributed by atoms with Crippen molar-refractivity contribution in [2.75, 3.05) is 18.5 Å². The van der Waals surface area contributed by atoms with Crippen LogP contribution in [0.1, 0.15) is 41.1 Å². The van der Waals surface area contributed by atoms with Crippen molar-refractivity contribution in [3.05, 3.63) is 60.0 Å². The highest BCUT2D eigenvalue weighted by molar-refractivity contribution is 6.11. The maximum absolute atomic E-state index is 13.0. The highest BCUT2D eigenvalue weighted by atomic mass is 16.5. The van der Waals surface area contributed by atoms with Crippen LogP contribution < -0.4 is 10.1 Å². The second-order valence-corrected chi connectivity index (χ2v) is 6.08. The fourth-order valence-electron chi connectivity index (χ4n) is 2.70. The molecule has 0 bridgehead atoms. The molecule has 0 saturated heterocycles. The van der Waals surface area contributed by atoms with Gasteiger partial charge in [0.2, 0.25) is 0 Å². The number of carbonyl (C=O) groups excluding carboxylic acids is 2. The van der Waals surface area contributed by atoms with E-state index in [0.29, 0.717) is 29.2 Å². The van der Waals surface area contributed by atoms with Crippen molar-refractivity contribution in [3.8, 4) is 17.0 Å². The van der Waals surface area contributed by atoms with Crippen LogP contribution in [0.2, 0.25) is 0 Å². The number of anilines is 1. The van der Waals surface area contributed by atoms with E-state index in [1.807, 2.05) is 6.92 Å². The maximum Gasteiger partial charge on any atom is 0.358 e. The summed E-state index contributed by atoms with van der Waals surface area (Å²) in [6, 6.07) is 10.5. The van der Waals surface area contributed by atoms with Crippen LogP contribution in [0.3, 0.4) is 0 Å². The van der Waals surface area contributed by atoms with Gasteiger partial charge in [-0.05, 0) is 37.6 Å². The summed E-state index contributed by atoms with van der Waals surface area (Å²) in [7, 11) is 0. The van der Waals surface area contributed by atoms with Crippen LogP contribution in [0.4, 0.5) is 5.69 Å². The second kappa shape index (κ2) is 9.50. The van der Waals surface area contributed by atoms with Gasteiger partial charge >= 0.3 is 5.97 Å². The molecule has 3 aromatic rings. The number of rotatable bonds is 8. The number of hydrogen-bond acceptors (Lipinski definition) is 6. The van der Waals surface area contributed by atoms with E-state index in [-0.39, 0.29) is 18.0 Å². The summed E-state index contributed by atoms with van der Waals surface area (Å²) < 4.78 is 10.8. The normalized spacial score (nSPS) is 10.4. The van der Waals surface area contributed by atoms with Crippen molar-refractivity contribution in [2.24, 2.45) is 0 Å². The molecule has 0 aliphatic carbocycles. The number of pyridine rings is 1. The van der Waals surface area contributed by atoms with Crippen molar-refractivity contribution in [1.82, 2.24) is 15.2 Å². The number of ether oxygens (including phenoxy) is 2. The Labute approximate surface area is 168 Å². The molecule has 0 unspecified atom stereocenters. The van der Waals surface area contributed by atoms with Gasteiger partial charge in [-0.25, -0.2) is 4.79 Å². The van der Waals surface area contributed by atoms with E-state index in [1.54, 1.807) is 55.7 Å². The summed E-state index contributed by atoms with van der Waals surface area (Å²) >= 11 is 0. The number of hydrogen-bond donors (Lipinski definition) is 2. The van der Waals surface area contributed by atoms with Gasteiger partial charge in [-0.2, -0.15) is 5.10 Å². The molecule has 150 valence electrons. The quantitative estimate of drug-likeness (QED) is 0.565. The summed E-state index contributed by atoms with van der Waals surface area (Å²) in [5.74, 6) is -0.564. The van der Waals surface area contributed by atoms with Gasteiger partial charge in [0, 0.05) is 18.0 Å². The number of aromatic amines is 1. The van der Waals surface area contributed by atoms with E-state index in [1.165, 1.54) is 0 Å². The standard InChI is InChI=1S/C21H22N4O4/c1-3-12-29-16-10-6-5-9-15(16)20(26)23-18-17(14-8-7-11-22-13-14)24-25-19(18)21(27)28-4-2/h5-11,13H,3-4,12H2,1-2H3,(H,23,26)(H,24,25). The number of para-hydroxylation sites is 1. The molecule has 3 rings (SSSR count). The zero-order valence-electron chi connectivity index (χ0n) is 16.3. The summed E-state index contributed by atoms with van der Waals surface area (Å²) in [6.45, 7) is 4.38. The van der Waals surface area contributed by atoms with Crippen LogP contribution in [0.5, 0.6) is 5.75 Å². The maximum atomic E-state index is 13.0. The Kier molecular flexibility index (Phi) is 6.57. The molecule has 0 spiro atoms. The largest absolute Gasteiger partial charge is 0.493 e. The average molecular weight is 394 g/mol. The molecule has 0 saturated carbocycles. The molecular formula is C21H22N4O4. The Bertz CT molecular complexity index is 985. The van der Waals surface area contributed by atoms with Crippen LogP contribution in [-0.4, -0.2) is 40.3 Å². The summed E-state index contributed by atoms with van der Waals surface area (Å²) in [6.07, 6.45) is 4.04. The third-order valence-electron chi connectivity index (χ3n) is 4.01. The molecule has 2 aromatic heterocycles. The minimum absolute atomic E-state index is 0.0611. The van der Waals surface area contributed by atoms with E-state index in [2.05, 4.69) is 20.5 Å². The van der Waals surface area contributed by atoms with Gasteiger partial charge in [-0.1, -0.05) is 19.1 Å². The van der Waals surface area contributed by atoms with Gasteiger partial charge in [0.15, 0.2) is 5.69 Å². The average Bonchev–Trinajstić information content (AvgIpc) is 3.16. The number of carbonyl (C=O) groups is 2. The van der Waals surface area contributed by atoms with Crippen molar-refractivity contribution in [1.29, 1.82) is 0 Å². The van der Waals surface area contributed by atoms with Crippen LogP contribution in [0.15, 0.2) is 48.8 Å². The number of H-pyrrole nitrogens is 1. The first-order valence-corrected chi connectivity index (χ1v) is 9.34. The van der Waals surface area contributed by atoms with Crippen LogP contribution in [-0.2, 0) is 4.74 Å². The number of benzene rings is 1. The number of amides is 1. The molecule has 0 radical (unpaired) electrons. The first-order chi connectivity index (χ1) is 14.2. The Morgan fingerprint density at radius 3 is 2.69 bits per heavy atom. The van der Waals surface area contributed by atoms with Gasteiger partial charge in [-0.3, -0.25) is 14.9 Å². The predicted molar refractivity (Wildman–Crippen MR) is 108 cm³/mol. The van der Waals surface area contributed by atoms with Gasteiger partial charge in [0.1, 0.15) is 17.1 Å². The number of aromatic nitrogens is 3. The Morgan fingerprint density at radius 1 is 1.14 bits per heavy atom. The Hall–Kier alpha value is -3.68. The fraction of sp³-hybridized carbons (Fsp3) is 0.238. The zero-order valence-corrected chi connectivity index (χ0v) is 16.3. The fourth-order valence-corrected chi connectivity index (χ4v) is 2.70. The number of nitrogens with zero attached hydrogens (tertiary/aromatic N) is 2. The van der Waals surface area contributed by atoms with Crippen molar-refractivity contribution in [3.63, 3.8) is 0 Å². The highest BCUT2D eigenvalue weighted by Gasteiger charge is 2.24. The monoisotopic (exact) mass is 394 g/mol. The number of nitrogens with one attached hydrogen (secondary N) is 2. The van der Waals surface area contributed by atoms with Gasteiger partial charge < -0.3 is 14.8 Å². The topological polar surface area (TPSA) is 106 Å². The summed E-state index contributed by atoms with van der Waals surface area (Å²) in [5, 5.41) is 9.65. The van der Waals surface area contributed by atoms with Crippen molar-refractivity contribution in [2.45, 2.75) is 20.3 Å². The predicted octanol–water partition coefficient (Wildman–Crippen LogP) is 3.69. The third-order valence-corrected chi connectivity index (χ3v) is 4.01. The van der Waals surface area contributed by atoms with Crippen LogP contribution >= 0.6 is 0 Å². The van der Waals surface area contributed by atoms with E-state index < -0.39 is 11.9 Å². The second-order valence-electron chi connectivity index (χ2n) is 6.08. The van der Waals surface area contributed by atoms with Gasteiger partial charge in [0.05, 0.1) is 18.8 Å². The molecular weight excluding hydrogens is 372 g/mol. The Morgan fingerprint density at radius 2 is 1.97 bits per heavy atom. The highest BCUT2D eigenvalue weighted by Crippen LogP contribution is 2.30. The van der Waals surface area contributed by atoms with Gasteiger partial charge in [0.25, 0.3) is 5.91 Å². The lowest BCUT2D eigenvalue weighted by Crippen LogP contribution is -2.17. The van der Waals surface area contributed by atoms with E-state index in [9.17, 15) is 9.59 Å². The smallest absolute Gasteiger partial charge is 0.358 e. The van der Waals surface area contributed by atoms with Crippen molar-refractivity contribution < 1.29 is 19.1 Å². The molecule has 8 nitrogen and oxygen atoms in total. The molecule has 29 heavy (non-hydrogen) atoms. The first kappa shape index (κ1) is 20.1. The molecule has 0 aliphatic rings. The molecule has 0 fully saturated rings. The SMILES string of the molecule is CCCOc1ccccc1C(=O)Nc1c(-c2cccnc2)n[nH]c1C(=O)OCC. The minimum Gasteiger partial charge on any atom is -0.493 e.